The lowest BCUT2D eigenvalue weighted by molar-refractivity contribution is -0.204. The number of piperidine rings is 1. The quantitative estimate of drug-likeness (QED) is 0.0278. The van der Waals surface area contributed by atoms with Gasteiger partial charge in [0, 0.05) is 102 Å². The molecule has 0 radical (unpaired) electrons. The number of aromatic amines is 1. The van der Waals surface area contributed by atoms with Crippen molar-refractivity contribution in [3.63, 3.8) is 0 Å². The Morgan fingerprint density at radius 3 is 2.46 bits per heavy atom. The first kappa shape index (κ1) is 55.2. The Morgan fingerprint density at radius 2 is 1.78 bits per heavy atom. The van der Waals surface area contributed by atoms with Crippen molar-refractivity contribution in [1.29, 1.82) is 0 Å². The summed E-state index contributed by atoms with van der Waals surface area (Å²) in [5.74, 6) is -2.20. The molecular formula is C53H73N7O12S2. The molecule has 21 heteroatoms. The number of amides is 3. The van der Waals surface area contributed by atoms with Crippen LogP contribution in [-0.4, -0.2) is 173 Å². The summed E-state index contributed by atoms with van der Waals surface area (Å²) >= 11 is 0. The summed E-state index contributed by atoms with van der Waals surface area (Å²) in [4.78, 5) is 75.9. The van der Waals surface area contributed by atoms with Gasteiger partial charge in [0.25, 0.3) is 5.91 Å². The molecule has 10 atom stereocenters. The van der Waals surface area contributed by atoms with Crippen molar-refractivity contribution in [2.24, 2.45) is 11.3 Å². The Balaban J connectivity index is 1.15. The number of methoxy groups -OCH3 is 2. The molecule has 2 saturated heterocycles. The molecule has 5 aliphatic rings. The van der Waals surface area contributed by atoms with Crippen molar-refractivity contribution >= 4 is 68.0 Å². The Kier molecular flexibility index (Phi) is 16.1. The number of hydrogen-bond donors (Lipinski definition) is 8. The highest BCUT2D eigenvalue weighted by atomic mass is 33.1. The maximum Gasteiger partial charge on any atom is 0.426 e. The summed E-state index contributed by atoms with van der Waals surface area (Å²) in [7, 11) is 7.08. The second-order valence-electron chi connectivity index (χ2n) is 21.0. The summed E-state index contributed by atoms with van der Waals surface area (Å²) in [6.45, 7) is 12.3. The molecule has 2 aromatic carbocycles. The lowest BCUT2D eigenvalue weighted by Crippen LogP contribution is -2.82. The highest BCUT2D eigenvalue weighted by Crippen LogP contribution is 2.67. The number of anilines is 1. The van der Waals surface area contributed by atoms with Gasteiger partial charge >= 0.3 is 18.0 Å². The van der Waals surface area contributed by atoms with E-state index in [-0.39, 0.29) is 18.1 Å². The number of esters is 1. The number of likely N-dealkylation sites (tertiary alicyclic amines) is 1. The monoisotopic (exact) mass is 1060 g/mol. The molecule has 0 bridgehead atoms. The van der Waals surface area contributed by atoms with Gasteiger partial charge in [-0.25, -0.2) is 15.0 Å². The van der Waals surface area contributed by atoms with Crippen molar-refractivity contribution in [3.8, 4) is 5.75 Å². The standard InChI is InChI=1S/C53H73N7O12S2/c1-9-32-27-50(68,10-2)30-59(28-32)21-17-34-33-15-12-13-16-37(33)55-41(34)49(5,47(66)71-8)36-25-35-39(26-40(36)70-7)58(6)44-52(35)19-22-60-20-14-18-51(11-3,43(52)60)45(64)53(44,69)46(65)56-57-48(67)72-23-24-73-74-29-38(42(62)63)54-31(4)61/h12-16,18,25-26,32,38,43-45,55,64,68-69H,9-11,17,19-24,27-30H2,1-8H3,(H,54,61)(H,56,65)(H,57,67)(H,62,63)/t32?,38-,43-,44+,45+,49-,50-,51+,52+,53-/m0/s1. The average Bonchev–Trinajstić information content (AvgIpc) is 4.06. The summed E-state index contributed by atoms with van der Waals surface area (Å²) in [6, 6.07) is 9.18. The van der Waals surface area contributed by atoms with E-state index >= 15 is 0 Å². The van der Waals surface area contributed by atoms with Crippen LogP contribution in [0.3, 0.4) is 0 Å². The van der Waals surface area contributed by atoms with Gasteiger partial charge < -0.3 is 49.8 Å². The number of aromatic nitrogens is 1. The van der Waals surface area contributed by atoms with Crippen LogP contribution >= 0.6 is 21.6 Å². The van der Waals surface area contributed by atoms with Crippen molar-refractivity contribution in [3.05, 3.63) is 70.9 Å². The number of likely N-dealkylation sites (N-methyl/N-ethyl adjacent to an activating group) is 1. The molecule has 19 nitrogen and oxygen atoms in total. The van der Waals surface area contributed by atoms with Gasteiger partial charge in [-0.05, 0) is 74.8 Å². The molecule has 1 spiro atoms. The van der Waals surface area contributed by atoms with Crippen LogP contribution in [0.15, 0.2) is 48.6 Å². The van der Waals surface area contributed by atoms with Crippen molar-refractivity contribution < 1.29 is 58.6 Å². The first-order chi connectivity index (χ1) is 35.2. The average molecular weight is 1060 g/mol. The molecule has 1 unspecified atom stereocenters. The Labute approximate surface area is 440 Å². The van der Waals surface area contributed by atoms with Crippen LogP contribution in [0.25, 0.3) is 10.9 Å². The fourth-order valence-electron chi connectivity index (χ4n) is 13.6. The second-order valence-corrected chi connectivity index (χ2v) is 23.6. The van der Waals surface area contributed by atoms with Gasteiger partial charge in [0.05, 0.1) is 25.9 Å². The minimum atomic E-state index is -2.56. The number of carbonyl (C=O) groups excluding carboxylic acids is 4. The topological polar surface area (TPSA) is 256 Å². The highest BCUT2D eigenvalue weighted by Gasteiger charge is 2.78. The van der Waals surface area contributed by atoms with E-state index in [0.717, 1.165) is 41.4 Å². The summed E-state index contributed by atoms with van der Waals surface area (Å²) in [6.07, 6.45) is 4.92. The lowest BCUT2D eigenvalue weighted by Gasteiger charge is -2.63. The maximum absolute atomic E-state index is 15.0. The van der Waals surface area contributed by atoms with E-state index in [0.29, 0.717) is 80.5 Å². The third kappa shape index (κ3) is 9.20. The molecule has 3 amide bonds. The molecule has 4 aliphatic heterocycles. The normalized spacial score (nSPS) is 29.4. The van der Waals surface area contributed by atoms with Crippen LogP contribution in [0.1, 0.15) is 89.1 Å². The van der Waals surface area contributed by atoms with E-state index in [4.69, 9.17) is 14.2 Å². The molecular weight excluding hydrogens is 991 g/mol. The third-order valence-corrected chi connectivity index (χ3v) is 19.4. The molecule has 3 aromatic rings. The zero-order chi connectivity index (χ0) is 53.5. The first-order valence-electron chi connectivity index (χ1n) is 25.6. The van der Waals surface area contributed by atoms with Crippen LogP contribution in [-0.2, 0) is 45.9 Å². The number of fused-ring (bicyclic) bond motifs is 2. The van der Waals surface area contributed by atoms with E-state index < -0.39 is 81.5 Å². The van der Waals surface area contributed by atoms with Crippen LogP contribution < -0.4 is 25.8 Å². The summed E-state index contributed by atoms with van der Waals surface area (Å²) in [5, 5.41) is 50.4. The van der Waals surface area contributed by atoms with Gasteiger partial charge in [-0.2, -0.15) is 0 Å². The number of benzene rings is 2. The number of aliphatic hydroxyl groups is 3. The van der Waals surface area contributed by atoms with Crippen LogP contribution in [0, 0.1) is 11.3 Å². The number of ether oxygens (including phenoxy) is 3. The molecule has 8 rings (SSSR count). The summed E-state index contributed by atoms with van der Waals surface area (Å²) in [5.41, 5.74) is 1.87. The molecule has 1 aromatic heterocycles. The number of nitrogens with one attached hydrogen (secondary N) is 4. The van der Waals surface area contributed by atoms with Gasteiger partial charge in [-0.15, -0.1) is 0 Å². The largest absolute Gasteiger partial charge is 0.496 e. The smallest absolute Gasteiger partial charge is 0.426 e. The van der Waals surface area contributed by atoms with Gasteiger partial charge in [-0.1, -0.05) is 79.1 Å². The maximum atomic E-state index is 15.0. The van der Waals surface area contributed by atoms with E-state index in [1.54, 1.807) is 7.05 Å². The minimum absolute atomic E-state index is 0.0748. The molecule has 74 heavy (non-hydrogen) atoms. The third-order valence-electron chi connectivity index (χ3n) is 17.1. The molecule has 3 fully saturated rings. The number of carbonyl (C=O) groups is 5. The number of β-amino-alcohol motifs (C(OH)–C–C–N with tert-alkyl or cyclic N) is 1. The fourth-order valence-corrected chi connectivity index (χ4v) is 15.6. The number of rotatable bonds is 19. The molecule has 5 heterocycles. The Bertz CT molecular complexity index is 2670. The van der Waals surface area contributed by atoms with Crippen LogP contribution in [0.4, 0.5) is 10.5 Å². The predicted octanol–water partition coefficient (Wildman–Crippen LogP) is 4.00. The Hall–Kier alpha value is -5.03. The van der Waals surface area contributed by atoms with Crippen molar-refractivity contribution in [1.82, 2.24) is 31.0 Å². The van der Waals surface area contributed by atoms with Crippen molar-refractivity contribution in [2.45, 2.75) is 119 Å². The molecule has 404 valence electrons. The minimum Gasteiger partial charge on any atom is -0.496 e. The number of carboxylic acids is 1. The van der Waals surface area contributed by atoms with Crippen molar-refractivity contribution in [2.75, 3.05) is 77.0 Å². The zero-order valence-corrected chi connectivity index (χ0v) is 45.3. The fraction of sp³-hybridized carbons (Fsp3) is 0.604. The first-order valence-corrected chi connectivity index (χ1v) is 28.1. The number of aliphatic carboxylic acids is 1. The number of H-pyrrole nitrogens is 1. The number of hydrogen-bond acceptors (Lipinski definition) is 16. The van der Waals surface area contributed by atoms with Crippen LogP contribution in [0.2, 0.25) is 0 Å². The number of para-hydroxylation sites is 1. The number of aliphatic hydroxyl groups excluding tert-OH is 1. The van der Waals surface area contributed by atoms with E-state index in [1.807, 2.05) is 74.2 Å². The zero-order valence-electron chi connectivity index (χ0n) is 43.6. The molecule has 8 N–H and O–H groups in total. The van der Waals surface area contributed by atoms with E-state index in [9.17, 15) is 44.4 Å². The van der Waals surface area contributed by atoms with Gasteiger partial charge in [-0.3, -0.25) is 29.6 Å². The number of carboxylic acid groups (broad SMARTS) is 1. The second kappa shape index (κ2) is 21.5. The van der Waals surface area contributed by atoms with Crippen LogP contribution in [0.5, 0.6) is 5.75 Å². The summed E-state index contributed by atoms with van der Waals surface area (Å²) < 4.78 is 17.3. The van der Waals surface area contributed by atoms with E-state index in [1.165, 1.54) is 42.7 Å². The van der Waals surface area contributed by atoms with Gasteiger partial charge in [0.2, 0.25) is 5.91 Å². The molecule has 1 saturated carbocycles. The predicted molar refractivity (Wildman–Crippen MR) is 283 cm³/mol. The SMILES string of the molecule is CCC1CN(CCc2c([C@@](C)(C(=O)OC)c3cc4c(cc3OC)N(C)[C@H]3[C@@](O)(C(=O)NNC(=O)OCCSSC[C@H](NC(C)=O)C(=O)O)[C@H](O)[C@]5(CC)C=CCN6CC[C@]43[C@@H]65)[nH]c3ccccc23)C[C@](O)(CC)C1. The Morgan fingerprint density at radius 1 is 1.03 bits per heavy atom. The number of nitrogens with zero attached hydrogens (tertiary/aromatic N) is 3. The van der Waals surface area contributed by atoms with Gasteiger partial charge in [0.15, 0.2) is 5.60 Å². The van der Waals surface area contributed by atoms with E-state index in [2.05, 4.69) is 37.9 Å². The highest BCUT2D eigenvalue weighted by molar-refractivity contribution is 8.76. The molecule has 1 aliphatic carbocycles. The lowest BCUT2D eigenvalue weighted by atomic mass is 9.47. The van der Waals surface area contributed by atoms with Gasteiger partial charge in [0.1, 0.15) is 29.9 Å². The number of hydrazine groups is 1.